The second kappa shape index (κ2) is 5.19. The monoisotopic (exact) mass is 285 g/mol. The third-order valence-electron chi connectivity index (χ3n) is 3.24. The zero-order chi connectivity index (χ0) is 14.9. The number of halogens is 3. The molecule has 0 saturated heterocycles. The van der Waals surface area contributed by atoms with Crippen LogP contribution in [-0.2, 0) is 23.9 Å². The number of benzene rings is 1. The van der Waals surface area contributed by atoms with Gasteiger partial charge >= 0.3 is 12.1 Å². The summed E-state index contributed by atoms with van der Waals surface area (Å²) in [7, 11) is 0. The molecular weight excluding hydrogens is 271 g/mol. The molecule has 0 unspecified atom stereocenters. The number of hydrogen-bond acceptors (Lipinski definition) is 1. The molecule has 6 heteroatoms. The summed E-state index contributed by atoms with van der Waals surface area (Å²) in [5.41, 5.74) is 0.617. The summed E-state index contributed by atoms with van der Waals surface area (Å²) in [6.07, 6.45) is -2.54. The topological polar surface area (TPSA) is 42.2 Å². The maximum Gasteiger partial charge on any atom is 0.416 e. The predicted octanol–water partition coefficient (Wildman–Crippen LogP) is 3.70. The fraction of sp³-hybridized carbons (Fsp3) is 0.357. The zero-order valence-electron chi connectivity index (χ0n) is 10.9. The molecule has 3 nitrogen and oxygen atoms in total. The van der Waals surface area contributed by atoms with Crippen LogP contribution in [0.1, 0.15) is 24.5 Å². The van der Waals surface area contributed by atoms with Crippen LogP contribution in [0.4, 0.5) is 13.2 Å². The molecule has 1 N–H and O–H groups in total. The first kappa shape index (κ1) is 14.4. The Balaban J connectivity index is 2.52. The van der Waals surface area contributed by atoms with Gasteiger partial charge in [-0.2, -0.15) is 13.2 Å². The molecule has 0 fully saturated rings. The van der Waals surface area contributed by atoms with Crippen molar-refractivity contribution in [2.75, 3.05) is 0 Å². The van der Waals surface area contributed by atoms with Crippen LogP contribution in [0, 0.1) is 0 Å². The van der Waals surface area contributed by atoms with Crippen molar-refractivity contribution in [1.29, 1.82) is 0 Å². The van der Waals surface area contributed by atoms with E-state index in [-0.39, 0.29) is 12.8 Å². The SMILES string of the molecule is CCn1cc(CCC(=O)O)c2cc(C(F)(F)F)ccc21. The molecule has 2 aromatic rings. The van der Waals surface area contributed by atoms with E-state index in [2.05, 4.69) is 0 Å². The van der Waals surface area contributed by atoms with Gasteiger partial charge in [0.15, 0.2) is 0 Å². The minimum absolute atomic E-state index is 0.0981. The Kier molecular flexibility index (Phi) is 3.74. The van der Waals surface area contributed by atoms with Crippen molar-refractivity contribution in [3.05, 3.63) is 35.5 Å². The number of carboxylic acids is 1. The summed E-state index contributed by atoms with van der Waals surface area (Å²) in [4.78, 5) is 10.6. The van der Waals surface area contributed by atoms with Gasteiger partial charge < -0.3 is 9.67 Å². The van der Waals surface area contributed by atoms with E-state index in [0.717, 1.165) is 12.1 Å². The van der Waals surface area contributed by atoms with Crippen LogP contribution < -0.4 is 0 Å². The van der Waals surface area contributed by atoms with Crippen LogP contribution in [0.25, 0.3) is 10.9 Å². The lowest BCUT2D eigenvalue weighted by molar-refractivity contribution is -0.138. The lowest BCUT2D eigenvalue weighted by Gasteiger charge is -2.07. The summed E-state index contributed by atoms with van der Waals surface area (Å²) in [5.74, 6) is -0.964. The third-order valence-corrected chi connectivity index (χ3v) is 3.24. The van der Waals surface area contributed by atoms with Gasteiger partial charge in [0, 0.05) is 30.1 Å². The molecule has 0 aliphatic heterocycles. The molecule has 0 saturated carbocycles. The highest BCUT2D eigenvalue weighted by Crippen LogP contribution is 2.33. The Morgan fingerprint density at radius 3 is 2.60 bits per heavy atom. The molecular formula is C14H14F3NO2. The van der Waals surface area contributed by atoms with Crippen molar-refractivity contribution in [3.8, 4) is 0 Å². The van der Waals surface area contributed by atoms with E-state index in [1.54, 1.807) is 6.20 Å². The predicted molar refractivity (Wildman–Crippen MR) is 68.6 cm³/mol. The van der Waals surface area contributed by atoms with Gasteiger partial charge in [-0.05, 0) is 37.1 Å². The second-order valence-corrected chi connectivity index (χ2v) is 4.56. The van der Waals surface area contributed by atoms with Crippen LogP contribution in [0.5, 0.6) is 0 Å². The number of rotatable bonds is 4. The van der Waals surface area contributed by atoms with Crippen LogP contribution >= 0.6 is 0 Å². The summed E-state index contributed by atoms with van der Waals surface area (Å²) >= 11 is 0. The smallest absolute Gasteiger partial charge is 0.416 e. The number of fused-ring (bicyclic) bond motifs is 1. The van der Waals surface area contributed by atoms with Crippen molar-refractivity contribution in [2.24, 2.45) is 0 Å². The number of carbonyl (C=O) groups is 1. The molecule has 0 spiro atoms. The molecule has 0 radical (unpaired) electrons. The molecule has 0 amide bonds. The van der Waals surface area contributed by atoms with Gasteiger partial charge in [-0.25, -0.2) is 0 Å². The van der Waals surface area contributed by atoms with E-state index < -0.39 is 17.7 Å². The Hall–Kier alpha value is -1.98. The number of nitrogens with zero attached hydrogens (tertiary/aromatic N) is 1. The highest BCUT2D eigenvalue weighted by molar-refractivity contribution is 5.85. The normalized spacial score (nSPS) is 12.0. The van der Waals surface area contributed by atoms with Gasteiger partial charge in [0.2, 0.25) is 0 Å². The highest BCUT2D eigenvalue weighted by Gasteiger charge is 2.31. The van der Waals surface area contributed by atoms with Crippen molar-refractivity contribution < 1.29 is 23.1 Å². The van der Waals surface area contributed by atoms with Gasteiger partial charge in [0.1, 0.15) is 0 Å². The molecule has 108 valence electrons. The van der Waals surface area contributed by atoms with Gasteiger partial charge in [-0.1, -0.05) is 0 Å². The summed E-state index contributed by atoms with van der Waals surface area (Å²) in [5, 5.41) is 9.18. The number of aliphatic carboxylic acids is 1. The fourth-order valence-corrected chi connectivity index (χ4v) is 2.25. The summed E-state index contributed by atoms with van der Waals surface area (Å²) in [6, 6.07) is 3.58. The molecule has 1 aromatic carbocycles. The van der Waals surface area contributed by atoms with Gasteiger partial charge in [0.25, 0.3) is 0 Å². The molecule has 20 heavy (non-hydrogen) atoms. The Bertz CT molecular complexity index is 644. The van der Waals surface area contributed by atoms with Crippen molar-refractivity contribution >= 4 is 16.9 Å². The maximum atomic E-state index is 12.7. The standard InChI is InChI=1S/C14H14F3NO2/c1-2-18-8-9(3-6-13(19)20)11-7-10(14(15,16)17)4-5-12(11)18/h4-5,7-8H,2-3,6H2,1H3,(H,19,20). The maximum absolute atomic E-state index is 12.7. The van der Waals surface area contributed by atoms with Gasteiger partial charge in [-0.3, -0.25) is 4.79 Å². The minimum Gasteiger partial charge on any atom is -0.481 e. The van der Waals surface area contributed by atoms with Crippen LogP contribution in [0.3, 0.4) is 0 Å². The highest BCUT2D eigenvalue weighted by atomic mass is 19.4. The molecule has 0 aliphatic carbocycles. The number of alkyl halides is 3. The lowest BCUT2D eigenvalue weighted by Crippen LogP contribution is -2.04. The van der Waals surface area contributed by atoms with Gasteiger partial charge in [-0.15, -0.1) is 0 Å². The van der Waals surface area contributed by atoms with Crippen LogP contribution in [0.2, 0.25) is 0 Å². The first-order chi connectivity index (χ1) is 9.32. The summed E-state index contributed by atoms with van der Waals surface area (Å²) < 4.78 is 40.1. The number of hydrogen-bond donors (Lipinski definition) is 1. The fourth-order valence-electron chi connectivity index (χ4n) is 2.25. The summed E-state index contributed by atoms with van der Waals surface area (Å²) in [6.45, 7) is 2.51. The Labute approximate surface area is 113 Å². The largest absolute Gasteiger partial charge is 0.481 e. The van der Waals surface area contributed by atoms with Crippen molar-refractivity contribution in [2.45, 2.75) is 32.5 Å². The molecule has 1 heterocycles. The Morgan fingerprint density at radius 2 is 2.05 bits per heavy atom. The van der Waals surface area contributed by atoms with E-state index in [4.69, 9.17) is 5.11 Å². The van der Waals surface area contributed by atoms with Crippen LogP contribution in [0.15, 0.2) is 24.4 Å². The van der Waals surface area contributed by atoms with Crippen LogP contribution in [-0.4, -0.2) is 15.6 Å². The van der Waals surface area contributed by atoms with Crippen molar-refractivity contribution in [3.63, 3.8) is 0 Å². The molecule has 1 aromatic heterocycles. The molecule has 0 atom stereocenters. The molecule has 0 aliphatic rings. The average molecular weight is 285 g/mol. The first-order valence-electron chi connectivity index (χ1n) is 6.23. The van der Waals surface area contributed by atoms with Crippen molar-refractivity contribution in [1.82, 2.24) is 4.57 Å². The van der Waals surface area contributed by atoms with E-state index in [9.17, 15) is 18.0 Å². The lowest BCUT2D eigenvalue weighted by atomic mass is 10.1. The molecule has 2 rings (SSSR count). The Morgan fingerprint density at radius 1 is 1.35 bits per heavy atom. The number of aromatic nitrogens is 1. The molecule has 0 bridgehead atoms. The van der Waals surface area contributed by atoms with E-state index in [1.165, 1.54) is 6.07 Å². The second-order valence-electron chi connectivity index (χ2n) is 4.56. The quantitative estimate of drug-likeness (QED) is 0.930. The first-order valence-corrected chi connectivity index (χ1v) is 6.23. The van der Waals surface area contributed by atoms with Gasteiger partial charge in [0.05, 0.1) is 5.56 Å². The average Bonchev–Trinajstić information content (AvgIpc) is 2.72. The minimum atomic E-state index is -4.40. The zero-order valence-corrected chi connectivity index (χ0v) is 10.9. The van der Waals surface area contributed by atoms with E-state index >= 15 is 0 Å². The van der Waals surface area contributed by atoms with E-state index in [0.29, 0.717) is 23.0 Å². The third kappa shape index (κ3) is 2.79. The number of carboxylic acid groups (broad SMARTS) is 1. The number of aryl methyl sites for hydroxylation is 2. The van der Waals surface area contributed by atoms with E-state index in [1.807, 2.05) is 11.5 Å².